The van der Waals surface area contributed by atoms with E-state index in [0.717, 1.165) is 32.1 Å². The summed E-state index contributed by atoms with van der Waals surface area (Å²) >= 11 is 0. The van der Waals surface area contributed by atoms with Crippen molar-refractivity contribution >= 4 is 11.7 Å². The summed E-state index contributed by atoms with van der Waals surface area (Å²) in [5.41, 5.74) is 0.576. The molecule has 1 rings (SSSR count). The highest BCUT2D eigenvalue weighted by molar-refractivity contribution is 5.98. The van der Waals surface area contributed by atoms with Crippen LogP contribution in [0.5, 0.6) is 0 Å². The van der Waals surface area contributed by atoms with Gasteiger partial charge >= 0.3 is 0 Å². The van der Waals surface area contributed by atoms with Crippen molar-refractivity contribution in [2.24, 2.45) is 11.3 Å². The highest BCUT2D eigenvalue weighted by Crippen LogP contribution is 2.51. The molecule has 102 valence electrons. The van der Waals surface area contributed by atoms with E-state index < -0.39 is 0 Å². The van der Waals surface area contributed by atoms with Gasteiger partial charge in [0.2, 0.25) is 5.91 Å². The maximum Gasteiger partial charge on any atom is 0.228 e. The van der Waals surface area contributed by atoms with Crippen molar-refractivity contribution in [1.82, 2.24) is 5.32 Å². The fourth-order valence-corrected chi connectivity index (χ4v) is 2.06. The first-order valence-corrected chi connectivity index (χ1v) is 6.90. The number of allylic oxidation sites excluding steroid dienone is 2. The lowest BCUT2D eigenvalue weighted by Gasteiger charge is -2.08. The predicted octanol–water partition coefficient (Wildman–Crippen LogP) is 3.20. The first-order chi connectivity index (χ1) is 8.38. The average Bonchev–Trinajstić information content (AvgIpc) is 2.92. The van der Waals surface area contributed by atoms with Crippen LogP contribution in [0, 0.1) is 11.3 Å². The summed E-state index contributed by atoms with van der Waals surface area (Å²) in [7, 11) is 0. The van der Waals surface area contributed by atoms with Crippen LogP contribution in [0.25, 0.3) is 0 Å². The topological polar surface area (TPSA) is 46.2 Å². The quantitative estimate of drug-likeness (QED) is 0.558. The smallest absolute Gasteiger partial charge is 0.228 e. The number of amides is 1. The number of Topliss-reactive ketones (excluding diaryl/α,β-unsaturated/α-hetero) is 1. The molecule has 1 aliphatic rings. The molecule has 0 aliphatic heterocycles. The number of unbranched alkanes of at least 4 members (excludes halogenated alkanes) is 3. The standard InChI is InChI=1S/C15H25NO2/c1-5-6-7-8-9-13(11(2)17)16-14(18)12-10-15(12,3)4/h9,12H,5-8,10H2,1-4H3,(H,16,18)/b13-9-. The lowest BCUT2D eigenvalue weighted by Crippen LogP contribution is -2.29. The molecule has 3 nitrogen and oxygen atoms in total. The summed E-state index contributed by atoms with van der Waals surface area (Å²) in [5, 5.41) is 2.78. The van der Waals surface area contributed by atoms with Gasteiger partial charge in [-0.05, 0) is 24.7 Å². The molecule has 0 bridgehead atoms. The molecule has 0 radical (unpaired) electrons. The minimum atomic E-state index is -0.0571. The van der Waals surface area contributed by atoms with Crippen LogP contribution < -0.4 is 5.32 Å². The third kappa shape index (κ3) is 4.28. The van der Waals surface area contributed by atoms with Crippen molar-refractivity contribution in [3.8, 4) is 0 Å². The number of nitrogens with one attached hydrogen (secondary N) is 1. The van der Waals surface area contributed by atoms with E-state index in [0.29, 0.717) is 5.70 Å². The van der Waals surface area contributed by atoms with Crippen LogP contribution in [-0.2, 0) is 9.59 Å². The number of carbonyl (C=O) groups excluding carboxylic acids is 2. The van der Waals surface area contributed by atoms with Crippen LogP contribution in [0.4, 0.5) is 0 Å². The van der Waals surface area contributed by atoms with Gasteiger partial charge in [-0.25, -0.2) is 0 Å². The Morgan fingerprint density at radius 2 is 1.94 bits per heavy atom. The molecular weight excluding hydrogens is 226 g/mol. The van der Waals surface area contributed by atoms with Crippen molar-refractivity contribution in [3.63, 3.8) is 0 Å². The maximum absolute atomic E-state index is 11.9. The van der Waals surface area contributed by atoms with Crippen molar-refractivity contribution in [2.45, 2.75) is 59.8 Å². The Morgan fingerprint density at radius 3 is 2.39 bits per heavy atom. The Kier molecular flexibility index (Phi) is 5.12. The van der Waals surface area contributed by atoms with E-state index in [1.54, 1.807) is 0 Å². The summed E-state index contributed by atoms with van der Waals surface area (Å²) < 4.78 is 0. The van der Waals surface area contributed by atoms with Gasteiger partial charge in [-0.1, -0.05) is 39.7 Å². The summed E-state index contributed by atoms with van der Waals surface area (Å²) in [6, 6.07) is 0. The van der Waals surface area contributed by atoms with E-state index in [-0.39, 0.29) is 23.0 Å². The number of carbonyl (C=O) groups is 2. The largest absolute Gasteiger partial charge is 0.323 e. The third-order valence-electron chi connectivity index (χ3n) is 3.62. The van der Waals surface area contributed by atoms with Gasteiger partial charge in [0.25, 0.3) is 0 Å². The normalized spacial score (nSPS) is 21.6. The zero-order valence-electron chi connectivity index (χ0n) is 12.0. The highest BCUT2D eigenvalue weighted by Gasteiger charge is 2.50. The second-order valence-electron chi connectivity index (χ2n) is 5.90. The molecule has 1 amide bonds. The molecule has 3 heteroatoms. The van der Waals surface area contributed by atoms with Gasteiger partial charge in [0, 0.05) is 12.8 Å². The third-order valence-corrected chi connectivity index (χ3v) is 3.62. The Labute approximate surface area is 110 Å². The summed E-state index contributed by atoms with van der Waals surface area (Å²) in [6.07, 6.45) is 7.03. The molecule has 0 aromatic rings. The average molecular weight is 251 g/mol. The fraction of sp³-hybridized carbons (Fsp3) is 0.733. The Morgan fingerprint density at radius 1 is 1.33 bits per heavy atom. The molecule has 1 N–H and O–H groups in total. The zero-order chi connectivity index (χ0) is 13.8. The van der Waals surface area contributed by atoms with E-state index in [1.807, 2.05) is 6.08 Å². The van der Waals surface area contributed by atoms with Gasteiger partial charge in [-0.2, -0.15) is 0 Å². The van der Waals surface area contributed by atoms with Crippen LogP contribution >= 0.6 is 0 Å². The number of ketones is 1. The molecule has 0 saturated heterocycles. The van der Waals surface area contributed by atoms with Gasteiger partial charge in [-0.15, -0.1) is 0 Å². The Bertz CT molecular complexity index is 356. The molecule has 1 aliphatic carbocycles. The predicted molar refractivity (Wildman–Crippen MR) is 72.9 cm³/mol. The van der Waals surface area contributed by atoms with E-state index >= 15 is 0 Å². The van der Waals surface area contributed by atoms with Crippen molar-refractivity contribution in [3.05, 3.63) is 11.8 Å². The van der Waals surface area contributed by atoms with Gasteiger partial charge in [0.15, 0.2) is 5.78 Å². The molecule has 0 aromatic heterocycles. The first-order valence-electron chi connectivity index (χ1n) is 6.90. The maximum atomic E-state index is 11.9. The molecule has 0 aromatic carbocycles. The minimum absolute atomic E-state index is 0.00283. The van der Waals surface area contributed by atoms with Crippen LogP contribution in [0.15, 0.2) is 11.8 Å². The van der Waals surface area contributed by atoms with Gasteiger partial charge < -0.3 is 5.32 Å². The van der Waals surface area contributed by atoms with E-state index in [4.69, 9.17) is 0 Å². The minimum Gasteiger partial charge on any atom is -0.323 e. The number of rotatable bonds is 7. The molecule has 0 spiro atoms. The van der Waals surface area contributed by atoms with E-state index in [2.05, 4.69) is 26.1 Å². The van der Waals surface area contributed by atoms with Gasteiger partial charge in [0.05, 0.1) is 5.70 Å². The summed E-state index contributed by atoms with van der Waals surface area (Å²) in [6.45, 7) is 7.81. The first kappa shape index (κ1) is 14.9. The van der Waals surface area contributed by atoms with Crippen LogP contribution in [0.3, 0.4) is 0 Å². The van der Waals surface area contributed by atoms with Crippen LogP contribution in [0.1, 0.15) is 59.8 Å². The number of hydrogen-bond acceptors (Lipinski definition) is 2. The molecule has 0 heterocycles. The SMILES string of the molecule is CCCCC/C=C(\NC(=O)C1CC1(C)C)C(C)=O. The molecule has 1 saturated carbocycles. The Hall–Kier alpha value is -1.12. The molecule has 1 fully saturated rings. The highest BCUT2D eigenvalue weighted by atomic mass is 16.2. The molecule has 1 unspecified atom stereocenters. The second kappa shape index (κ2) is 6.17. The number of hydrogen-bond donors (Lipinski definition) is 1. The molecule has 18 heavy (non-hydrogen) atoms. The molecule has 1 atom stereocenters. The lowest BCUT2D eigenvalue weighted by atomic mass is 10.1. The van der Waals surface area contributed by atoms with E-state index in [9.17, 15) is 9.59 Å². The monoisotopic (exact) mass is 251 g/mol. The Balaban J connectivity index is 2.48. The summed E-state index contributed by atoms with van der Waals surface area (Å²) in [5.74, 6) is 0.00568. The van der Waals surface area contributed by atoms with Crippen molar-refractivity contribution < 1.29 is 9.59 Å². The second-order valence-corrected chi connectivity index (χ2v) is 5.90. The van der Waals surface area contributed by atoms with E-state index in [1.165, 1.54) is 6.92 Å². The van der Waals surface area contributed by atoms with Gasteiger partial charge in [-0.3, -0.25) is 9.59 Å². The van der Waals surface area contributed by atoms with Gasteiger partial charge in [0.1, 0.15) is 0 Å². The van der Waals surface area contributed by atoms with Crippen molar-refractivity contribution in [1.29, 1.82) is 0 Å². The van der Waals surface area contributed by atoms with Crippen LogP contribution in [0.2, 0.25) is 0 Å². The summed E-state index contributed by atoms with van der Waals surface area (Å²) in [4.78, 5) is 23.4. The molecular formula is C15H25NO2. The van der Waals surface area contributed by atoms with Crippen molar-refractivity contribution in [2.75, 3.05) is 0 Å². The van der Waals surface area contributed by atoms with Crippen LogP contribution in [-0.4, -0.2) is 11.7 Å². The fourth-order valence-electron chi connectivity index (χ4n) is 2.06. The zero-order valence-corrected chi connectivity index (χ0v) is 12.0. The lowest BCUT2D eigenvalue weighted by molar-refractivity contribution is -0.124.